The van der Waals surface area contributed by atoms with Crippen LogP contribution in [0.5, 0.6) is 0 Å². The second-order valence-corrected chi connectivity index (χ2v) is 6.07. The topological polar surface area (TPSA) is 57.5 Å². The first kappa shape index (κ1) is 16.9. The Morgan fingerprint density at radius 2 is 1.35 bits per heavy atom. The van der Waals surface area contributed by atoms with Crippen LogP contribution in [-0.4, -0.2) is 9.79 Å². The summed E-state index contributed by atoms with van der Waals surface area (Å²) in [7, 11) is -3.92. The van der Waals surface area contributed by atoms with Crippen molar-refractivity contribution in [2.24, 2.45) is 0 Å². The Kier molecular flexibility index (Phi) is 10.9. The first-order chi connectivity index (χ1) is 8.06. The highest BCUT2D eigenvalue weighted by atomic mass is 31.2. The molecule has 2 N–H and O–H groups in total. The van der Waals surface area contributed by atoms with Gasteiger partial charge in [-0.15, -0.1) is 0 Å². The number of rotatable bonds is 11. The Morgan fingerprint density at radius 1 is 0.882 bits per heavy atom. The molecule has 0 aliphatic carbocycles. The van der Waals surface area contributed by atoms with Gasteiger partial charge in [0.05, 0.1) is 0 Å². The molecule has 0 aromatic rings. The van der Waals surface area contributed by atoms with Gasteiger partial charge in [-0.25, -0.2) is 0 Å². The zero-order valence-electron chi connectivity index (χ0n) is 11.0. The summed E-state index contributed by atoms with van der Waals surface area (Å²) in [5.74, 6) is 1.01. The minimum Gasteiger partial charge on any atom is -0.321 e. The van der Waals surface area contributed by atoms with Crippen molar-refractivity contribution in [3.05, 3.63) is 11.9 Å². The molecule has 17 heavy (non-hydrogen) atoms. The van der Waals surface area contributed by atoms with Crippen molar-refractivity contribution in [3.8, 4) is 0 Å². The Bertz CT molecular complexity index is 233. The summed E-state index contributed by atoms with van der Waals surface area (Å²) in [4.78, 5) is 17.2. The van der Waals surface area contributed by atoms with Crippen LogP contribution in [0.1, 0.15) is 71.1 Å². The first-order valence-electron chi connectivity index (χ1n) is 6.79. The summed E-state index contributed by atoms with van der Waals surface area (Å²) in [6, 6.07) is 0. The third-order valence-electron chi connectivity index (χ3n) is 2.77. The maximum atomic E-state index is 10.5. The molecule has 0 radical (unpaired) electrons. The largest absolute Gasteiger partial charge is 0.348 e. The molecule has 0 aliphatic heterocycles. The molecule has 0 amide bonds. The molecular weight excluding hydrogens is 235 g/mol. The molecule has 0 aromatic heterocycles. The Labute approximate surface area is 105 Å². The van der Waals surface area contributed by atoms with Crippen LogP contribution in [0.3, 0.4) is 0 Å². The summed E-state index contributed by atoms with van der Waals surface area (Å²) in [6.07, 6.45) is 13.8. The smallest absolute Gasteiger partial charge is 0.321 e. The van der Waals surface area contributed by atoms with E-state index in [9.17, 15) is 4.57 Å². The van der Waals surface area contributed by atoms with E-state index < -0.39 is 7.60 Å². The Balaban J connectivity index is 3.14. The maximum Gasteiger partial charge on any atom is 0.348 e. The third-order valence-corrected chi connectivity index (χ3v) is 3.37. The van der Waals surface area contributed by atoms with Crippen molar-refractivity contribution in [2.75, 3.05) is 0 Å². The lowest BCUT2D eigenvalue weighted by atomic mass is 10.1. The van der Waals surface area contributed by atoms with Gasteiger partial charge in [0.15, 0.2) is 0 Å². The van der Waals surface area contributed by atoms with Crippen molar-refractivity contribution < 1.29 is 14.4 Å². The molecule has 0 aromatic carbocycles. The number of unbranched alkanes of at least 4 members (excludes halogenated alkanes) is 9. The fraction of sp³-hybridized carbons (Fsp3) is 0.846. The van der Waals surface area contributed by atoms with Gasteiger partial charge in [-0.1, -0.05) is 64.4 Å². The normalized spacial score (nSPS) is 12.4. The van der Waals surface area contributed by atoms with E-state index in [1.165, 1.54) is 51.4 Å². The van der Waals surface area contributed by atoms with E-state index in [1.54, 1.807) is 6.08 Å². The van der Waals surface area contributed by atoms with Crippen LogP contribution in [0.4, 0.5) is 0 Å². The summed E-state index contributed by atoms with van der Waals surface area (Å²) < 4.78 is 10.5. The van der Waals surface area contributed by atoms with Crippen molar-refractivity contribution in [1.29, 1.82) is 0 Å². The highest BCUT2D eigenvalue weighted by Crippen LogP contribution is 2.36. The van der Waals surface area contributed by atoms with E-state index in [1.807, 2.05) is 0 Å². The molecule has 0 fully saturated rings. The van der Waals surface area contributed by atoms with Crippen molar-refractivity contribution in [3.63, 3.8) is 0 Å². The highest BCUT2D eigenvalue weighted by molar-refractivity contribution is 7.55. The van der Waals surface area contributed by atoms with Gasteiger partial charge in [0.2, 0.25) is 0 Å². The molecule has 0 rings (SSSR count). The Hall–Kier alpha value is -0.110. The molecule has 0 bridgehead atoms. The van der Waals surface area contributed by atoms with E-state index in [4.69, 9.17) is 9.79 Å². The number of hydrogen-bond donors (Lipinski definition) is 2. The van der Waals surface area contributed by atoms with Crippen LogP contribution in [0.2, 0.25) is 0 Å². The van der Waals surface area contributed by atoms with Gasteiger partial charge in [0.25, 0.3) is 0 Å². The number of allylic oxidation sites excluding steroid dienone is 1. The minimum absolute atomic E-state index is 0.779. The second-order valence-electron chi connectivity index (χ2n) is 4.59. The van der Waals surface area contributed by atoms with E-state index in [0.29, 0.717) is 0 Å². The van der Waals surface area contributed by atoms with E-state index >= 15 is 0 Å². The standard InChI is InChI=1S/C13H27O3P/c1-2-3-4-5-6-7-8-9-10-11-12-13-17(14,15)16/h12-13H,2-11H2,1H3,(H2,14,15,16)/b13-12+. The van der Waals surface area contributed by atoms with Gasteiger partial charge in [0, 0.05) is 5.82 Å². The van der Waals surface area contributed by atoms with Gasteiger partial charge in [-0.05, 0) is 12.8 Å². The lowest BCUT2D eigenvalue weighted by Gasteiger charge is -2.00. The molecule has 0 saturated heterocycles. The summed E-state index contributed by atoms with van der Waals surface area (Å²) in [5.41, 5.74) is 0. The lowest BCUT2D eigenvalue weighted by molar-refractivity contribution is 0.386. The molecule has 0 atom stereocenters. The van der Waals surface area contributed by atoms with Crippen LogP contribution in [0.25, 0.3) is 0 Å². The van der Waals surface area contributed by atoms with E-state index in [0.717, 1.165) is 18.7 Å². The summed E-state index contributed by atoms with van der Waals surface area (Å²) >= 11 is 0. The molecule has 0 spiro atoms. The van der Waals surface area contributed by atoms with Crippen LogP contribution < -0.4 is 0 Å². The zero-order chi connectivity index (χ0) is 13.0. The molecule has 0 heterocycles. The van der Waals surface area contributed by atoms with E-state index in [-0.39, 0.29) is 0 Å². The molecule has 102 valence electrons. The van der Waals surface area contributed by atoms with Crippen LogP contribution >= 0.6 is 7.60 Å². The first-order valence-corrected chi connectivity index (χ1v) is 8.47. The fourth-order valence-corrected chi connectivity index (χ4v) is 2.21. The molecule has 3 nitrogen and oxygen atoms in total. The average Bonchev–Trinajstić information content (AvgIpc) is 2.24. The SMILES string of the molecule is CCCCCCCCCCC/C=C/P(=O)(O)O. The summed E-state index contributed by atoms with van der Waals surface area (Å²) in [6.45, 7) is 2.23. The highest BCUT2D eigenvalue weighted by Gasteiger charge is 2.03. The van der Waals surface area contributed by atoms with Crippen LogP contribution in [-0.2, 0) is 4.57 Å². The molecule has 4 heteroatoms. The maximum absolute atomic E-state index is 10.5. The van der Waals surface area contributed by atoms with Gasteiger partial charge >= 0.3 is 7.60 Å². The van der Waals surface area contributed by atoms with Crippen molar-refractivity contribution >= 4 is 7.60 Å². The van der Waals surface area contributed by atoms with Crippen LogP contribution in [0, 0.1) is 0 Å². The van der Waals surface area contributed by atoms with Gasteiger partial charge in [-0.2, -0.15) is 0 Å². The second kappa shape index (κ2) is 11.0. The third kappa shape index (κ3) is 15.9. The lowest BCUT2D eigenvalue weighted by Crippen LogP contribution is -1.80. The average molecular weight is 262 g/mol. The predicted molar refractivity (Wildman–Crippen MR) is 73.0 cm³/mol. The monoisotopic (exact) mass is 262 g/mol. The summed E-state index contributed by atoms with van der Waals surface area (Å²) in [5, 5.41) is 0. The molecular formula is C13H27O3P. The predicted octanol–water partition coefficient (Wildman–Crippen LogP) is 4.60. The van der Waals surface area contributed by atoms with E-state index in [2.05, 4.69) is 6.92 Å². The fourth-order valence-electron chi connectivity index (χ4n) is 1.78. The quantitative estimate of drug-likeness (QED) is 0.422. The molecule has 0 aliphatic rings. The zero-order valence-corrected chi connectivity index (χ0v) is 11.9. The molecule has 0 saturated carbocycles. The van der Waals surface area contributed by atoms with Crippen molar-refractivity contribution in [1.82, 2.24) is 0 Å². The Morgan fingerprint density at radius 3 is 1.82 bits per heavy atom. The van der Waals surface area contributed by atoms with Gasteiger partial charge in [-0.3, -0.25) is 4.57 Å². The minimum atomic E-state index is -3.92. The van der Waals surface area contributed by atoms with Gasteiger partial charge in [0.1, 0.15) is 0 Å². The van der Waals surface area contributed by atoms with Crippen molar-refractivity contribution in [2.45, 2.75) is 71.1 Å². The number of hydrogen-bond acceptors (Lipinski definition) is 1. The van der Waals surface area contributed by atoms with Crippen LogP contribution in [0.15, 0.2) is 11.9 Å². The molecule has 0 unspecified atom stereocenters. The van der Waals surface area contributed by atoms with Gasteiger partial charge < -0.3 is 9.79 Å².